The molecule has 0 saturated heterocycles. The van der Waals surface area contributed by atoms with Gasteiger partial charge in [-0.15, -0.1) is 0 Å². The summed E-state index contributed by atoms with van der Waals surface area (Å²) in [6, 6.07) is -0.221. The van der Waals surface area contributed by atoms with E-state index >= 15 is 0 Å². The van der Waals surface area contributed by atoms with E-state index in [4.69, 9.17) is 11.5 Å². The first kappa shape index (κ1) is 10.1. The van der Waals surface area contributed by atoms with Crippen molar-refractivity contribution in [1.82, 2.24) is 0 Å². The van der Waals surface area contributed by atoms with Gasteiger partial charge in [0.05, 0.1) is 6.42 Å². The molecule has 4 nitrogen and oxygen atoms in total. The van der Waals surface area contributed by atoms with Gasteiger partial charge in [0.2, 0.25) is 5.91 Å². The van der Waals surface area contributed by atoms with Crippen molar-refractivity contribution in [2.24, 2.45) is 17.4 Å². The normalized spacial score (nSPS) is 15.5. The van der Waals surface area contributed by atoms with Gasteiger partial charge >= 0.3 is 0 Å². The zero-order valence-corrected chi connectivity index (χ0v) is 6.83. The Morgan fingerprint density at radius 2 is 1.82 bits per heavy atom. The summed E-state index contributed by atoms with van der Waals surface area (Å²) in [4.78, 5) is 21.3. The van der Waals surface area contributed by atoms with Crippen LogP contribution >= 0.6 is 0 Å². The van der Waals surface area contributed by atoms with Crippen LogP contribution in [0.15, 0.2) is 0 Å². The molecule has 0 aliphatic carbocycles. The minimum absolute atomic E-state index is 0.187. The third-order valence-corrected chi connectivity index (χ3v) is 1.65. The van der Waals surface area contributed by atoms with Crippen LogP contribution in [0.25, 0.3) is 0 Å². The highest BCUT2D eigenvalue weighted by Crippen LogP contribution is 2.03. The van der Waals surface area contributed by atoms with Gasteiger partial charge in [-0.05, 0) is 6.92 Å². The molecule has 0 saturated carbocycles. The third kappa shape index (κ3) is 3.72. The van der Waals surface area contributed by atoms with Crippen molar-refractivity contribution >= 4 is 11.7 Å². The van der Waals surface area contributed by atoms with Crippen LogP contribution in [0, 0.1) is 5.92 Å². The molecule has 0 aromatic carbocycles. The van der Waals surface area contributed by atoms with Crippen LogP contribution in [-0.2, 0) is 9.59 Å². The van der Waals surface area contributed by atoms with E-state index in [1.807, 2.05) is 0 Å². The number of Topliss-reactive ketones (excluding diaryl/α,β-unsaturated/α-hetero) is 1. The topological polar surface area (TPSA) is 86.2 Å². The summed E-state index contributed by atoms with van der Waals surface area (Å²) >= 11 is 0. The van der Waals surface area contributed by atoms with Gasteiger partial charge in [0.25, 0.3) is 0 Å². The van der Waals surface area contributed by atoms with E-state index in [0.29, 0.717) is 0 Å². The van der Waals surface area contributed by atoms with Gasteiger partial charge in [-0.1, -0.05) is 6.92 Å². The molecule has 0 radical (unpaired) electrons. The average molecular weight is 158 g/mol. The van der Waals surface area contributed by atoms with Crippen molar-refractivity contribution in [3.8, 4) is 0 Å². The maximum absolute atomic E-state index is 11.0. The smallest absolute Gasteiger partial charge is 0.224 e. The van der Waals surface area contributed by atoms with E-state index in [2.05, 4.69) is 0 Å². The van der Waals surface area contributed by atoms with Crippen LogP contribution in [-0.4, -0.2) is 17.7 Å². The average Bonchev–Trinajstić information content (AvgIpc) is 1.84. The van der Waals surface area contributed by atoms with Crippen molar-refractivity contribution < 1.29 is 9.59 Å². The molecule has 0 aliphatic heterocycles. The molecule has 11 heavy (non-hydrogen) atoms. The van der Waals surface area contributed by atoms with E-state index < -0.39 is 5.91 Å². The highest BCUT2D eigenvalue weighted by molar-refractivity contribution is 5.98. The number of carbonyl (C=O) groups excluding carboxylic acids is 2. The van der Waals surface area contributed by atoms with Gasteiger partial charge in [-0.25, -0.2) is 0 Å². The number of hydrogen-bond acceptors (Lipinski definition) is 3. The van der Waals surface area contributed by atoms with Crippen LogP contribution in [0.5, 0.6) is 0 Å². The van der Waals surface area contributed by atoms with E-state index in [1.54, 1.807) is 13.8 Å². The third-order valence-electron chi connectivity index (χ3n) is 1.65. The summed E-state index contributed by atoms with van der Waals surface area (Å²) in [5.74, 6) is -1.07. The fraction of sp³-hybridized carbons (Fsp3) is 0.714. The Bertz CT molecular complexity index is 166. The molecule has 0 bridgehead atoms. The quantitative estimate of drug-likeness (QED) is 0.536. The Labute approximate surface area is 65.9 Å². The van der Waals surface area contributed by atoms with Gasteiger partial charge in [0.15, 0.2) is 0 Å². The van der Waals surface area contributed by atoms with Crippen LogP contribution in [0.2, 0.25) is 0 Å². The highest BCUT2D eigenvalue weighted by atomic mass is 16.2. The number of primary amides is 1. The first-order valence-corrected chi connectivity index (χ1v) is 3.51. The van der Waals surface area contributed by atoms with Crippen LogP contribution in [0.4, 0.5) is 0 Å². The van der Waals surface area contributed by atoms with Crippen LogP contribution < -0.4 is 11.5 Å². The number of carbonyl (C=O) groups is 2. The Hall–Kier alpha value is -0.900. The maximum Gasteiger partial charge on any atom is 0.224 e. The number of ketones is 1. The molecule has 0 spiro atoms. The lowest BCUT2D eigenvalue weighted by molar-refractivity contribution is -0.128. The lowest BCUT2D eigenvalue weighted by atomic mass is 9.97. The molecule has 2 atom stereocenters. The number of hydrogen-bond donors (Lipinski definition) is 2. The second-order valence-corrected chi connectivity index (χ2v) is 2.76. The summed E-state index contributed by atoms with van der Waals surface area (Å²) in [5.41, 5.74) is 10.3. The summed E-state index contributed by atoms with van der Waals surface area (Å²) < 4.78 is 0. The fourth-order valence-electron chi connectivity index (χ4n) is 0.626. The number of nitrogens with two attached hydrogens (primary N) is 2. The zero-order chi connectivity index (χ0) is 9.02. The zero-order valence-electron chi connectivity index (χ0n) is 6.83. The Morgan fingerprint density at radius 1 is 1.36 bits per heavy atom. The molecule has 1 amide bonds. The van der Waals surface area contributed by atoms with E-state index in [-0.39, 0.29) is 24.2 Å². The summed E-state index contributed by atoms with van der Waals surface area (Å²) in [6.45, 7) is 3.42. The number of amides is 1. The highest BCUT2D eigenvalue weighted by Gasteiger charge is 2.18. The molecule has 0 aliphatic rings. The lowest BCUT2D eigenvalue weighted by Crippen LogP contribution is -2.32. The maximum atomic E-state index is 11.0. The monoisotopic (exact) mass is 158 g/mol. The minimum Gasteiger partial charge on any atom is -0.369 e. The standard InChI is InChI=1S/C7H14N2O2/c1-4(5(2)8)6(10)3-7(9)11/h4-5H,3,8H2,1-2H3,(H2,9,11). The molecule has 0 aromatic rings. The molecule has 0 heterocycles. The molecule has 0 fully saturated rings. The summed E-state index contributed by atoms with van der Waals surface area (Å²) in [7, 11) is 0. The molecule has 4 N–H and O–H groups in total. The Balaban J connectivity index is 3.93. The number of rotatable bonds is 4. The van der Waals surface area contributed by atoms with Crippen molar-refractivity contribution in [3.63, 3.8) is 0 Å². The molecule has 0 aromatic heterocycles. The Kier molecular flexibility index (Phi) is 3.74. The summed E-state index contributed by atoms with van der Waals surface area (Å²) in [6.07, 6.45) is -0.206. The predicted molar refractivity (Wildman–Crippen MR) is 41.6 cm³/mol. The van der Waals surface area contributed by atoms with Crippen LogP contribution in [0.3, 0.4) is 0 Å². The summed E-state index contributed by atoms with van der Waals surface area (Å²) in [5, 5.41) is 0. The van der Waals surface area contributed by atoms with E-state index in [9.17, 15) is 9.59 Å². The van der Waals surface area contributed by atoms with Crippen molar-refractivity contribution in [2.75, 3.05) is 0 Å². The van der Waals surface area contributed by atoms with Crippen LogP contribution in [0.1, 0.15) is 20.3 Å². The first-order valence-electron chi connectivity index (χ1n) is 3.51. The minimum atomic E-state index is -0.595. The van der Waals surface area contributed by atoms with Gasteiger partial charge in [0, 0.05) is 12.0 Å². The van der Waals surface area contributed by atoms with E-state index in [0.717, 1.165) is 0 Å². The predicted octanol–water partition coefficient (Wildman–Crippen LogP) is -0.586. The van der Waals surface area contributed by atoms with Gasteiger partial charge in [-0.3, -0.25) is 9.59 Å². The van der Waals surface area contributed by atoms with Gasteiger partial charge in [0.1, 0.15) is 5.78 Å². The molecular formula is C7H14N2O2. The molecular weight excluding hydrogens is 144 g/mol. The molecule has 2 unspecified atom stereocenters. The molecule has 0 rings (SSSR count). The largest absolute Gasteiger partial charge is 0.369 e. The van der Waals surface area contributed by atoms with Gasteiger partial charge < -0.3 is 11.5 Å². The lowest BCUT2D eigenvalue weighted by Gasteiger charge is -2.12. The second-order valence-electron chi connectivity index (χ2n) is 2.76. The molecule has 64 valence electrons. The SMILES string of the molecule is CC(N)C(C)C(=O)CC(N)=O. The van der Waals surface area contributed by atoms with Gasteiger partial charge in [-0.2, -0.15) is 0 Å². The molecule has 4 heteroatoms. The fourth-order valence-corrected chi connectivity index (χ4v) is 0.626. The van der Waals surface area contributed by atoms with Crippen molar-refractivity contribution in [1.29, 1.82) is 0 Å². The Morgan fingerprint density at radius 3 is 2.09 bits per heavy atom. The van der Waals surface area contributed by atoms with Crippen molar-refractivity contribution in [3.05, 3.63) is 0 Å². The first-order chi connectivity index (χ1) is 4.95. The second kappa shape index (κ2) is 4.08. The van der Waals surface area contributed by atoms with Crippen molar-refractivity contribution in [2.45, 2.75) is 26.3 Å². The van der Waals surface area contributed by atoms with E-state index in [1.165, 1.54) is 0 Å².